The molecule has 4 rings (SSSR count). The Morgan fingerprint density at radius 2 is 1.72 bits per heavy atom. The Labute approximate surface area is 225 Å². The summed E-state index contributed by atoms with van der Waals surface area (Å²) in [6.45, 7) is 0.554. The van der Waals surface area contributed by atoms with Crippen LogP contribution in [0.15, 0.2) is 77.7 Å². The lowest BCUT2D eigenvalue weighted by Crippen LogP contribution is -2.06. The number of unbranched alkanes of at least 4 members (excludes halogenated alkanes) is 1. The van der Waals surface area contributed by atoms with Gasteiger partial charge >= 0.3 is 6.80 Å². The van der Waals surface area contributed by atoms with Gasteiger partial charge in [-0.25, -0.2) is 4.57 Å². The van der Waals surface area contributed by atoms with E-state index in [1.54, 1.807) is 12.1 Å². The van der Waals surface area contributed by atoms with Gasteiger partial charge in [-0.1, -0.05) is 44.5 Å². The number of rotatable bonds is 12. The summed E-state index contributed by atoms with van der Waals surface area (Å²) in [5.41, 5.74) is 0.955. The van der Waals surface area contributed by atoms with Crippen LogP contribution < -0.4 is 9.05 Å². The molecule has 0 aliphatic heterocycles. The van der Waals surface area contributed by atoms with Crippen molar-refractivity contribution in [2.45, 2.75) is 43.9 Å². The first-order valence-corrected chi connectivity index (χ1v) is 17.1. The smallest absolute Gasteiger partial charge is 0.492 e. The van der Waals surface area contributed by atoms with Gasteiger partial charge in [0, 0.05) is 23.1 Å². The normalized spacial score (nSPS) is 14.0. The second kappa shape index (κ2) is 12.6. The highest BCUT2D eigenvalue weighted by Crippen LogP contribution is 2.60. The van der Waals surface area contributed by atoms with E-state index in [0.717, 1.165) is 51.3 Å². The summed E-state index contributed by atoms with van der Waals surface area (Å²) in [5.74, 6) is 2.66. The minimum Gasteiger partial charge on any atom is -0.611 e. The number of benzene rings is 4. The van der Waals surface area contributed by atoms with E-state index < -0.39 is 18.0 Å². The molecule has 2 unspecified atom stereocenters. The second-order valence-corrected chi connectivity index (χ2v) is 14.4. The Morgan fingerprint density at radius 1 is 0.917 bits per heavy atom. The molecule has 0 aliphatic rings. The zero-order chi connectivity index (χ0) is 25.5. The monoisotopic (exact) mass is 560 g/mol. The van der Waals surface area contributed by atoms with E-state index >= 15 is 0 Å². The van der Waals surface area contributed by atoms with Crippen LogP contribution in [0, 0.1) is 0 Å². The van der Waals surface area contributed by atoms with Crippen LogP contribution >= 0.6 is 29.8 Å². The summed E-state index contributed by atoms with van der Waals surface area (Å²) >= 11 is 6.06. The van der Waals surface area contributed by atoms with Crippen molar-refractivity contribution in [2.24, 2.45) is 0 Å². The number of fused-ring (bicyclic) bond motifs is 2. The molecular formula is C28H30ClO4PS2. The van der Waals surface area contributed by atoms with E-state index in [1.807, 2.05) is 61.5 Å². The van der Waals surface area contributed by atoms with E-state index in [4.69, 9.17) is 20.6 Å². The fraction of sp³-hybridized carbons (Fsp3) is 0.286. The average molecular weight is 561 g/mol. The lowest BCUT2D eigenvalue weighted by atomic mass is 10.0. The first-order valence-electron chi connectivity index (χ1n) is 12.1. The van der Waals surface area contributed by atoms with E-state index in [9.17, 15) is 9.12 Å². The molecule has 2 atom stereocenters. The molecule has 0 fully saturated rings. The quantitative estimate of drug-likeness (QED) is 0.0747. The fourth-order valence-corrected chi connectivity index (χ4v) is 8.56. The molecule has 0 amide bonds. The minimum atomic E-state index is -3.57. The third-order valence-corrected chi connectivity index (χ3v) is 11.1. The molecule has 190 valence electrons. The number of alkyl halides is 1. The molecule has 0 spiro atoms. The van der Waals surface area contributed by atoms with Crippen LogP contribution in [0.3, 0.4) is 0 Å². The highest BCUT2D eigenvalue weighted by molar-refractivity contribution is 8.55. The van der Waals surface area contributed by atoms with Gasteiger partial charge in [0.05, 0.1) is 0 Å². The Morgan fingerprint density at radius 3 is 2.44 bits per heavy atom. The summed E-state index contributed by atoms with van der Waals surface area (Å²) in [4.78, 5) is 0.821. The second-order valence-electron chi connectivity index (χ2n) is 8.48. The molecule has 4 nitrogen and oxygen atoms in total. The maximum Gasteiger partial charge on any atom is 0.492 e. The van der Waals surface area contributed by atoms with Gasteiger partial charge in [-0.2, -0.15) is 0 Å². The highest BCUT2D eigenvalue weighted by Gasteiger charge is 2.30. The van der Waals surface area contributed by atoms with E-state index in [2.05, 4.69) is 13.0 Å². The van der Waals surface area contributed by atoms with E-state index in [-0.39, 0.29) is 0 Å². The zero-order valence-electron chi connectivity index (χ0n) is 20.4. The molecule has 36 heavy (non-hydrogen) atoms. The third-order valence-electron chi connectivity index (χ3n) is 5.67. The van der Waals surface area contributed by atoms with Crippen molar-refractivity contribution in [1.82, 2.24) is 0 Å². The maximum atomic E-state index is 13.9. The summed E-state index contributed by atoms with van der Waals surface area (Å²) in [6.07, 6.45) is 2.78. The first-order chi connectivity index (χ1) is 17.4. The summed E-state index contributed by atoms with van der Waals surface area (Å²) in [5, 5.41) is 3.82. The van der Waals surface area contributed by atoms with Crippen LogP contribution in [-0.4, -0.2) is 16.1 Å². The van der Waals surface area contributed by atoms with Crippen molar-refractivity contribution in [3.8, 4) is 11.5 Å². The lowest BCUT2D eigenvalue weighted by molar-refractivity contribution is 0.409. The molecule has 0 heterocycles. The Kier molecular flexibility index (Phi) is 9.54. The van der Waals surface area contributed by atoms with Crippen LogP contribution in [0.25, 0.3) is 21.5 Å². The van der Waals surface area contributed by atoms with Crippen LogP contribution in [0.2, 0.25) is 0 Å². The van der Waals surface area contributed by atoms with Crippen molar-refractivity contribution in [3.05, 3.63) is 78.4 Å². The topological polar surface area (TPSA) is 58.6 Å². The molecule has 8 heteroatoms. The summed E-state index contributed by atoms with van der Waals surface area (Å²) in [7, 11) is 0. The Bertz CT molecular complexity index is 1360. The molecule has 0 aromatic heterocycles. The number of hydrogen-bond acceptors (Lipinski definition) is 5. The van der Waals surface area contributed by atoms with Gasteiger partial charge in [-0.15, -0.1) is 11.6 Å². The number of halogens is 1. The van der Waals surface area contributed by atoms with E-state index in [1.165, 1.54) is 11.4 Å². The van der Waals surface area contributed by atoms with Gasteiger partial charge in [0.25, 0.3) is 0 Å². The first kappa shape index (κ1) is 27.2. The maximum absolute atomic E-state index is 13.9. The fourth-order valence-electron chi connectivity index (χ4n) is 3.75. The van der Waals surface area contributed by atoms with Gasteiger partial charge in [-0.05, 0) is 99.6 Å². The molecule has 0 saturated carbocycles. The summed E-state index contributed by atoms with van der Waals surface area (Å²) < 4.78 is 38.7. The minimum absolute atomic E-state index is 0.400. The number of hydrogen-bond donors (Lipinski definition) is 0. The van der Waals surface area contributed by atoms with Gasteiger partial charge in [0.2, 0.25) is 0 Å². The lowest BCUT2D eigenvalue weighted by Gasteiger charge is -2.20. The van der Waals surface area contributed by atoms with Crippen molar-refractivity contribution < 1.29 is 18.2 Å². The predicted molar refractivity (Wildman–Crippen MR) is 155 cm³/mol. The van der Waals surface area contributed by atoms with Gasteiger partial charge in [-0.3, -0.25) is 0 Å². The van der Waals surface area contributed by atoms with E-state index in [0.29, 0.717) is 28.9 Å². The highest BCUT2D eigenvalue weighted by atomic mass is 35.5. The molecule has 0 bridgehead atoms. The molecule has 0 aliphatic carbocycles. The molecule has 0 saturated heterocycles. The van der Waals surface area contributed by atoms with Gasteiger partial charge in [0.15, 0.2) is 4.90 Å². The molecule has 0 N–H and O–H groups in total. The summed E-state index contributed by atoms with van der Waals surface area (Å²) in [6, 6.07) is 23.0. The molecular weight excluding hydrogens is 531 g/mol. The zero-order valence-corrected chi connectivity index (χ0v) is 23.7. The third kappa shape index (κ3) is 6.73. The largest absolute Gasteiger partial charge is 0.611 e. The SMILES string of the molecule is CCCC[S+]([O-])c1ccc2cc3cccc(OP(=O)(Oc4ccc(CCl)cc4)SCCC)c3cc2c1. The Hall–Kier alpha value is -1.82. The predicted octanol–water partition coefficient (Wildman–Crippen LogP) is 9.35. The standard InChI is InChI=1S/C28H30ClO4PS2/c1-3-5-16-36(31)26-14-11-22-17-23-7-6-8-28(27(23)19-24(22)18-26)33-34(30,35-15-4-2)32-25-12-9-21(20-29)10-13-25/h6-14,17-19H,3-5,15-16,20H2,1-2H3. The van der Waals surface area contributed by atoms with Crippen molar-refractivity contribution in [1.29, 1.82) is 0 Å². The van der Waals surface area contributed by atoms with Gasteiger partial charge in [0.1, 0.15) is 17.3 Å². The van der Waals surface area contributed by atoms with Crippen LogP contribution in [0.4, 0.5) is 0 Å². The molecule has 4 aromatic rings. The Balaban J connectivity index is 1.69. The van der Waals surface area contributed by atoms with Crippen molar-refractivity contribution in [2.75, 3.05) is 11.5 Å². The van der Waals surface area contributed by atoms with Crippen LogP contribution in [-0.2, 0) is 21.6 Å². The van der Waals surface area contributed by atoms with Crippen LogP contribution in [0.5, 0.6) is 11.5 Å². The molecule has 0 radical (unpaired) electrons. The van der Waals surface area contributed by atoms with Gasteiger partial charge < -0.3 is 13.6 Å². The van der Waals surface area contributed by atoms with Crippen LogP contribution in [0.1, 0.15) is 38.7 Å². The average Bonchev–Trinajstić information content (AvgIpc) is 2.90. The molecule has 4 aromatic carbocycles. The van der Waals surface area contributed by atoms with Crippen molar-refractivity contribution in [3.63, 3.8) is 0 Å². The van der Waals surface area contributed by atoms with Crippen molar-refractivity contribution >= 4 is 62.5 Å².